The first kappa shape index (κ1) is 13.2. The Balaban J connectivity index is 2.29. The molecule has 0 saturated heterocycles. The van der Waals surface area contributed by atoms with Crippen LogP contribution in [0.15, 0.2) is 36.5 Å². The minimum atomic E-state index is -0.371. The van der Waals surface area contributed by atoms with Gasteiger partial charge < -0.3 is 4.74 Å². The number of hydrogen-bond acceptors (Lipinski definition) is 4. The van der Waals surface area contributed by atoms with Crippen LogP contribution in [-0.4, -0.2) is 22.8 Å². The Bertz CT molecular complexity index is 565. The van der Waals surface area contributed by atoms with E-state index in [0.717, 1.165) is 12.0 Å². The van der Waals surface area contributed by atoms with Crippen molar-refractivity contribution in [3.8, 4) is 11.3 Å². The summed E-state index contributed by atoms with van der Waals surface area (Å²) in [6.45, 7) is 4.23. The summed E-state index contributed by atoms with van der Waals surface area (Å²) in [7, 11) is 0. The third kappa shape index (κ3) is 3.16. The third-order valence-electron chi connectivity index (χ3n) is 2.82. The lowest BCUT2D eigenvalue weighted by atomic mass is 10.1. The van der Waals surface area contributed by atoms with Crippen molar-refractivity contribution in [2.45, 2.75) is 20.3 Å². The van der Waals surface area contributed by atoms with E-state index < -0.39 is 0 Å². The smallest absolute Gasteiger partial charge is 0.339 e. The number of carbonyl (C=O) groups excluding carboxylic acids is 1. The molecule has 98 valence electrons. The van der Waals surface area contributed by atoms with Gasteiger partial charge in [0.15, 0.2) is 0 Å². The zero-order chi connectivity index (χ0) is 13.7. The molecule has 0 atom stereocenters. The normalized spacial score (nSPS) is 10.2. The molecule has 4 heteroatoms. The van der Waals surface area contributed by atoms with Crippen LogP contribution >= 0.6 is 0 Å². The summed E-state index contributed by atoms with van der Waals surface area (Å²) in [5, 5.41) is 7.91. The Morgan fingerprint density at radius 1 is 1.21 bits per heavy atom. The minimum absolute atomic E-state index is 0.349. The fourth-order valence-corrected chi connectivity index (χ4v) is 1.75. The predicted octanol–water partition coefficient (Wildman–Crippen LogP) is 2.88. The third-order valence-corrected chi connectivity index (χ3v) is 2.82. The van der Waals surface area contributed by atoms with E-state index in [1.54, 1.807) is 13.0 Å². The van der Waals surface area contributed by atoms with Crippen LogP contribution in [0.4, 0.5) is 0 Å². The van der Waals surface area contributed by atoms with Gasteiger partial charge >= 0.3 is 5.97 Å². The van der Waals surface area contributed by atoms with Gasteiger partial charge in [0.1, 0.15) is 0 Å². The Labute approximate surface area is 112 Å². The predicted molar refractivity (Wildman–Crippen MR) is 72.8 cm³/mol. The second-order valence-corrected chi connectivity index (χ2v) is 4.10. The molecular weight excluding hydrogens is 240 g/mol. The zero-order valence-electron chi connectivity index (χ0n) is 11.1. The average molecular weight is 256 g/mol. The molecule has 0 amide bonds. The molecule has 0 aliphatic carbocycles. The number of rotatable bonds is 4. The maximum atomic E-state index is 11.6. The van der Waals surface area contributed by atoms with E-state index >= 15 is 0 Å². The molecule has 1 aromatic carbocycles. The maximum absolute atomic E-state index is 11.6. The minimum Gasteiger partial charge on any atom is -0.462 e. The molecule has 0 aliphatic heterocycles. The van der Waals surface area contributed by atoms with Crippen molar-refractivity contribution in [1.82, 2.24) is 10.2 Å². The Morgan fingerprint density at radius 2 is 1.95 bits per heavy atom. The number of ether oxygens (including phenoxy) is 1. The van der Waals surface area contributed by atoms with Gasteiger partial charge in [0, 0.05) is 5.56 Å². The van der Waals surface area contributed by atoms with Gasteiger partial charge in [-0.3, -0.25) is 0 Å². The molecule has 0 fully saturated rings. The highest BCUT2D eigenvalue weighted by atomic mass is 16.5. The second-order valence-electron chi connectivity index (χ2n) is 4.10. The standard InChI is InChI=1S/C15H16N2O2/c1-3-11-5-7-12(8-6-11)14-9-13(10-16-17-14)15(18)19-4-2/h5-10H,3-4H2,1-2H3. The summed E-state index contributed by atoms with van der Waals surface area (Å²) in [6, 6.07) is 9.77. The van der Waals surface area contributed by atoms with Gasteiger partial charge in [0.2, 0.25) is 0 Å². The summed E-state index contributed by atoms with van der Waals surface area (Å²) in [6.07, 6.45) is 2.41. The number of benzene rings is 1. The van der Waals surface area contributed by atoms with Crippen LogP contribution < -0.4 is 0 Å². The van der Waals surface area contributed by atoms with Gasteiger partial charge in [-0.25, -0.2) is 4.79 Å². The maximum Gasteiger partial charge on any atom is 0.339 e. The number of nitrogens with zero attached hydrogens (tertiary/aromatic N) is 2. The first-order chi connectivity index (χ1) is 9.24. The average Bonchev–Trinajstić information content (AvgIpc) is 2.48. The molecule has 2 aromatic rings. The molecule has 0 aliphatic rings. The van der Waals surface area contributed by atoms with Crippen LogP contribution in [0.1, 0.15) is 29.8 Å². The highest BCUT2D eigenvalue weighted by molar-refractivity contribution is 5.90. The van der Waals surface area contributed by atoms with Crippen LogP contribution in [0, 0.1) is 0 Å². The topological polar surface area (TPSA) is 52.1 Å². The van der Waals surface area contributed by atoms with Crippen molar-refractivity contribution in [2.24, 2.45) is 0 Å². The van der Waals surface area contributed by atoms with E-state index in [2.05, 4.69) is 17.1 Å². The molecule has 1 aromatic heterocycles. The fourth-order valence-electron chi connectivity index (χ4n) is 1.75. The molecule has 0 unspecified atom stereocenters. The number of hydrogen-bond donors (Lipinski definition) is 0. The highest BCUT2D eigenvalue weighted by Crippen LogP contribution is 2.18. The van der Waals surface area contributed by atoms with Crippen LogP contribution in [0.5, 0.6) is 0 Å². The van der Waals surface area contributed by atoms with Crippen molar-refractivity contribution in [1.29, 1.82) is 0 Å². The SMILES string of the molecule is CCOC(=O)c1cnnc(-c2ccc(CC)cc2)c1. The number of aromatic nitrogens is 2. The van der Waals surface area contributed by atoms with Gasteiger partial charge in [0.25, 0.3) is 0 Å². The van der Waals surface area contributed by atoms with Crippen LogP contribution in [0.25, 0.3) is 11.3 Å². The summed E-state index contributed by atoms with van der Waals surface area (Å²) < 4.78 is 4.95. The van der Waals surface area contributed by atoms with E-state index in [1.165, 1.54) is 11.8 Å². The molecule has 0 N–H and O–H groups in total. The number of aryl methyl sites for hydroxylation is 1. The second kappa shape index (κ2) is 6.09. The summed E-state index contributed by atoms with van der Waals surface area (Å²) in [4.78, 5) is 11.6. The first-order valence-corrected chi connectivity index (χ1v) is 6.33. The Kier molecular flexibility index (Phi) is 4.23. The lowest BCUT2D eigenvalue weighted by Crippen LogP contribution is -2.06. The number of carbonyl (C=O) groups is 1. The molecule has 0 saturated carbocycles. The first-order valence-electron chi connectivity index (χ1n) is 6.33. The molecule has 1 heterocycles. The quantitative estimate of drug-likeness (QED) is 0.789. The van der Waals surface area contributed by atoms with Crippen molar-refractivity contribution in [3.63, 3.8) is 0 Å². The molecule has 4 nitrogen and oxygen atoms in total. The highest BCUT2D eigenvalue weighted by Gasteiger charge is 2.09. The molecule has 0 bridgehead atoms. The van der Waals surface area contributed by atoms with E-state index in [9.17, 15) is 4.79 Å². The van der Waals surface area contributed by atoms with Gasteiger partial charge in [-0.1, -0.05) is 31.2 Å². The summed E-state index contributed by atoms with van der Waals surface area (Å²) in [5.74, 6) is -0.371. The molecule has 0 radical (unpaired) electrons. The zero-order valence-corrected chi connectivity index (χ0v) is 11.1. The van der Waals surface area contributed by atoms with E-state index in [-0.39, 0.29) is 5.97 Å². The van der Waals surface area contributed by atoms with E-state index in [1.807, 2.05) is 24.3 Å². The molecule has 0 spiro atoms. The molecule has 19 heavy (non-hydrogen) atoms. The summed E-state index contributed by atoms with van der Waals surface area (Å²) >= 11 is 0. The van der Waals surface area contributed by atoms with Gasteiger partial charge in [-0.05, 0) is 25.0 Å². The lowest BCUT2D eigenvalue weighted by Gasteiger charge is -2.04. The van der Waals surface area contributed by atoms with Gasteiger partial charge in [-0.2, -0.15) is 10.2 Å². The molecular formula is C15H16N2O2. The molecule has 2 rings (SSSR count). The van der Waals surface area contributed by atoms with Crippen LogP contribution in [0.3, 0.4) is 0 Å². The van der Waals surface area contributed by atoms with Crippen LogP contribution in [0.2, 0.25) is 0 Å². The van der Waals surface area contributed by atoms with Gasteiger partial charge in [-0.15, -0.1) is 0 Å². The summed E-state index contributed by atoms with van der Waals surface area (Å²) in [5.41, 5.74) is 3.30. The van der Waals surface area contributed by atoms with Crippen molar-refractivity contribution in [3.05, 3.63) is 47.7 Å². The van der Waals surface area contributed by atoms with E-state index in [4.69, 9.17) is 4.74 Å². The van der Waals surface area contributed by atoms with Crippen molar-refractivity contribution < 1.29 is 9.53 Å². The Hall–Kier alpha value is -2.23. The van der Waals surface area contributed by atoms with Gasteiger partial charge in [0.05, 0.1) is 24.1 Å². The Morgan fingerprint density at radius 3 is 2.58 bits per heavy atom. The number of esters is 1. The largest absolute Gasteiger partial charge is 0.462 e. The van der Waals surface area contributed by atoms with Crippen LogP contribution in [-0.2, 0) is 11.2 Å². The van der Waals surface area contributed by atoms with E-state index in [0.29, 0.717) is 17.9 Å². The fraction of sp³-hybridized carbons (Fsp3) is 0.267. The van der Waals surface area contributed by atoms with Crippen molar-refractivity contribution in [2.75, 3.05) is 6.61 Å². The monoisotopic (exact) mass is 256 g/mol. The van der Waals surface area contributed by atoms with Crippen molar-refractivity contribution >= 4 is 5.97 Å². The lowest BCUT2D eigenvalue weighted by molar-refractivity contribution is 0.0525.